The molecule has 2 unspecified atom stereocenters. The molecular formula is C70H141NO8P+. The first-order valence-corrected chi connectivity index (χ1v) is 37.3. The monoisotopic (exact) mass is 1160 g/mol. The molecule has 0 saturated heterocycles. The zero-order valence-corrected chi connectivity index (χ0v) is 55.5. The molecule has 80 heavy (non-hydrogen) atoms. The molecule has 0 aromatic rings. The van der Waals surface area contributed by atoms with E-state index >= 15 is 0 Å². The Labute approximate surface area is 499 Å². The molecule has 0 heterocycles. The zero-order chi connectivity index (χ0) is 58.4. The van der Waals surface area contributed by atoms with Crippen molar-refractivity contribution in [2.45, 2.75) is 392 Å². The summed E-state index contributed by atoms with van der Waals surface area (Å²) in [6.45, 7) is 4.52. The Morgan fingerprint density at radius 2 is 0.562 bits per heavy atom. The van der Waals surface area contributed by atoms with Crippen LogP contribution in [0.1, 0.15) is 386 Å². The summed E-state index contributed by atoms with van der Waals surface area (Å²) in [6, 6.07) is 0. The van der Waals surface area contributed by atoms with Crippen LogP contribution in [0.5, 0.6) is 0 Å². The topological polar surface area (TPSA) is 108 Å². The Kier molecular flexibility index (Phi) is 61.8. The number of ether oxygens (including phenoxy) is 2. The molecule has 0 aliphatic carbocycles. The molecule has 0 aliphatic rings. The third-order valence-corrected chi connectivity index (χ3v) is 17.6. The lowest BCUT2D eigenvalue weighted by atomic mass is 10.0. The second-order valence-corrected chi connectivity index (χ2v) is 27.5. The Hall–Kier alpha value is -0.990. The van der Waals surface area contributed by atoms with Gasteiger partial charge in [0.25, 0.3) is 0 Å². The maximum absolute atomic E-state index is 12.9. The van der Waals surface area contributed by atoms with Gasteiger partial charge in [0.15, 0.2) is 6.10 Å². The average molecular weight is 1160 g/mol. The highest BCUT2D eigenvalue weighted by molar-refractivity contribution is 7.47. The summed E-state index contributed by atoms with van der Waals surface area (Å²) in [6.07, 6.45) is 75.3. The fourth-order valence-corrected chi connectivity index (χ4v) is 11.9. The van der Waals surface area contributed by atoms with Gasteiger partial charge < -0.3 is 18.9 Å². The van der Waals surface area contributed by atoms with Gasteiger partial charge in [-0.25, -0.2) is 4.57 Å². The van der Waals surface area contributed by atoms with Crippen LogP contribution in [0, 0.1) is 0 Å². The van der Waals surface area contributed by atoms with Crippen molar-refractivity contribution in [3.63, 3.8) is 0 Å². The number of phosphoric ester groups is 1. The zero-order valence-electron chi connectivity index (χ0n) is 54.6. The van der Waals surface area contributed by atoms with Gasteiger partial charge in [0, 0.05) is 12.8 Å². The van der Waals surface area contributed by atoms with Gasteiger partial charge in [-0.3, -0.25) is 18.6 Å². The molecular weight excluding hydrogens is 1010 g/mol. The average Bonchev–Trinajstić information content (AvgIpc) is 3.42. The molecule has 478 valence electrons. The van der Waals surface area contributed by atoms with Gasteiger partial charge >= 0.3 is 19.8 Å². The Morgan fingerprint density at radius 3 is 0.800 bits per heavy atom. The van der Waals surface area contributed by atoms with E-state index < -0.39 is 26.5 Å². The quantitative estimate of drug-likeness (QED) is 0.0278. The highest BCUT2D eigenvalue weighted by atomic mass is 31.2. The van der Waals surface area contributed by atoms with Crippen LogP contribution in [0.3, 0.4) is 0 Å². The van der Waals surface area contributed by atoms with Crippen LogP contribution < -0.4 is 0 Å². The van der Waals surface area contributed by atoms with Crippen molar-refractivity contribution in [3.05, 3.63) is 0 Å². The molecule has 0 amide bonds. The number of carbonyl (C=O) groups excluding carboxylic acids is 2. The normalized spacial score (nSPS) is 13.0. The van der Waals surface area contributed by atoms with Gasteiger partial charge in [-0.2, -0.15) is 0 Å². The largest absolute Gasteiger partial charge is 0.472 e. The smallest absolute Gasteiger partial charge is 0.462 e. The number of quaternary nitrogens is 1. The Morgan fingerprint density at radius 1 is 0.338 bits per heavy atom. The first-order valence-electron chi connectivity index (χ1n) is 35.8. The second-order valence-electron chi connectivity index (χ2n) is 26.0. The van der Waals surface area contributed by atoms with E-state index in [2.05, 4.69) is 13.8 Å². The van der Waals surface area contributed by atoms with Crippen LogP contribution in [0.2, 0.25) is 0 Å². The van der Waals surface area contributed by atoms with E-state index in [0.29, 0.717) is 17.4 Å². The fraction of sp³-hybridized carbons (Fsp3) is 0.971. The van der Waals surface area contributed by atoms with Crippen molar-refractivity contribution < 1.29 is 42.1 Å². The Balaban J connectivity index is 3.82. The highest BCUT2D eigenvalue weighted by Gasteiger charge is 2.27. The maximum Gasteiger partial charge on any atom is 0.472 e. The lowest BCUT2D eigenvalue weighted by Gasteiger charge is -2.24. The molecule has 0 bridgehead atoms. The van der Waals surface area contributed by atoms with E-state index in [9.17, 15) is 19.0 Å². The first kappa shape index (κ1) is 79.0. The number of esters is 2. The molecule has 0 saturated carbocycles. The number of carbonyl (C=O) groups is 2. The minimum absolute atomic E-state index is 0.0375. The van der Waals surface area contributed by atoms with E-state index in [1.807, 2.05) is 21.1 Å². The molecule has 0 fully saturated rings. The number of phosphoric acid groups is 1. The van der Waals surface area contributed by atoms with Crippen LogP contribution >= 0.6 is 7.82 Å². The van der Waals surface area contributed by atoms with Gasteiger partial charge in [0.05, 0.1) is 27.7 Å². The third kappa shape index (κ3) is 66.2. The van der Waals surface area contributed by atoms with Crippen LogP contribution in [-0.4, -0.2) is 74.9 Å². The first-order chi connectivity index (χ1) is 39.0. The molecule has 10 heteroatoms. The minimum atomic E-state index is -4.38. The fourth-order valence-electron chi connectivity index (χ4n) is 11.1. The van der Waals surface area contributed by atoms with E-state index in [-0.39, 0.29) is 25.6 Å². The number of rotatable bonds is 68. The third-order valence-electron chi connectivity index (χ3n) is 16.6. The number of nitrogens with zero attached hydrogens (tertiary/aromatic N) is 1. The highest BCUT2D eigenvalue weighted by Crippen LogP contribution is 2.43. The van der Waals surface area contributed by atoms with Crippen LogP contribution in [-0.2, 0) is 32.7 Å². The lowest BCUT2D eigenvalue weighted by molar-refractivity contribution is -0.870. The number of hydrogen-bond acceptors (Lipinski definition) is 7. The molecule has 0 spiro atoms. The standard InChI is InChI=1S/C70H140NO8P/c1-6-8-10-12-14-16-18-20-22-24-25-26-27-28-29-30-31-32-33-34-35-36-37-38-39-40-41-42-43-44-45-46-47-49-51-53-55-57-59-61-63-70(73)79-68(67-78-80(74,75)77-65-64-71(3,4)5)66-76-69(72)62-60-58-56-54-52-50-48-23-21-19-17-15-13-11-9-7-2/h68H,6-67H2,1-5H3/p+1. The predicted molar refractivity (Wildman–Crippen MR) is 345 cm³/mol. The van der Waals surface area contributed by atoms with Gasteiger partial charge in [0.2, 0.25) is 0 Å². The van der Waals surface area contributed by atoms with Gasteiger partial charge in [-0.05, 0) is 12.8 Å². The second kappa shape index (κ2) is 62.5. The summed E-state index contributed by atoms with van der Waals surface area (Å²) >= 11 is 0. The molecule has 9 nitrogen and oxygen atoms in total. The Bertz CT molecular complexity index is 1310. The molecule has 0 radical (unpaired) electrons. The van der Waals surface area contributed by atoms with Crippen LogP contribution in [0.25, 0.3) is 0 Å². The van der Waals surface area contributed by atoms with Crippen molar-refractivity contribution >= 4 is 19.8 Å². The number of hydrogen-bond donors (Lipinski definition) is 1. The molecule has 0 aromatic heterocycles. The summed E-state index contributed by atoms with van der Waals surface area (Å²) in [7, 11) is 1.51. The van der Waals surface area contributed by atoms with E-state index in [1.54, 1.807) is 0 Å². The summed E-state index contributed by atoms with van der Waals surface area (Å²) in [5, 5.41) is 0. The molecule has 0 rings (SSSR count). The SMILES string of the molecule is CCCCCCCCCCCCCCCCCCCCCCCCCCCCCCCCCCCCCCCCCCC(=O)OC(COC(=O)CCCCCCCCCCCCCCCCCC)COP(=O)(O)OCC[N+](C)(C)C. The van der Waals surface area contributed by atoms with Crippen molar-refractivity contribution in [2.75, 3.05) is 47.5 Å². The van der Waals surface area contributed by atoms with Gasteiger partial charge in [-0.15, -0.1) is 0 Å². The van der Waals surface area contributed by atoms with Crippen LogP contribution in [0.15, 0.2) is 0 Å². The van der Waals surface area contributed by atoms with Crippen molar-refractivity contribution in [2.24, 2.45) is 0 Å². The molecule has 2 atom stereocenters. The van der Waals surface area contributed by atoms with Crippen molar-refractivity contribution in [1.29, 1.82) is 0 Å². The predicted octanol–water partition coefficient (Wildman–Crippen LogP) is 22.9. The van der Waals surface area contributed by atoms with Crippen molar-refractivity contribution in [1.82, 2.24) is 0 Å². The van der Waals surface area contributed by atoms with E-state index in [4.69, 9.17) is 18.5 Å². The summed E-state index contributed by atoms with van der Waals surface area (Å²) < 4.78 is 34.7. The van der Waals surface area contributed by atoms with Gasteiger partial charge in [-0.1, -0.05) is 361 Å². The number of likely N-dealkylation sites (N-methyl/N-ethyl adjacent to an activating group) is 1. The number of unbranched alkanes of at least 4 members (excludes halogenated alkanes) is 54. The summed E-state index contributed by atoms with van der Waals surface area (Å²) in [5.41, 5.74) is 0. The molecule has 1 N–H and O–H groups in total. The lowest BCUT2D eigenvalue weighted by Crippen LogP contribution is -2.37. The van der Waals surface area contributed by atoms with Crippen LogP contribution in [0.4, 0.5) is 0 Å². The summed E-state index contributed by atoms with van der Waals surface area (Å²) in [5.74, 6) is -0.771. The van der Waals surface area contributed by atoms with Crippen molar-refractivity contribution in [3.8, 4) is 0 Å². The maximum atomic E-state index is 12.9. The minimum Gasteiger partial charge on any atom is -0.462 e. The van der Waals surface area contributed by atoms with E-state index in [0.717, 1.165) is 38.5 Å². The van der Waals surface area contributed by atoms with E-state index in [1.165, 1.54) is 321 Å². The van der Waals surface area contributed by atoms with Gasteiger partial charge in [0.1, 0.15) is 19.8 Å². The molecule has 0 aliphatic heterocycles. The molecule has 0 aromatic carbocycles. The summed E-state index contributed by atoms with van der Waals surface area (Å²) in [4.78, 5) is 35.8.